The Morgan fingerprint density at radius 3 is 2.68 bits per heavy atom. The average Bonchev–Trinajstić information content (AvgIpc) is 2.55. The number of carbonyl (C=O) groups is 1. The second kappa shape index (κ2) is 8.47. The third-order valence-corrected chi connectivity index (χ3v) is 5.28. The number of hydrogen-bond donors (Lipinski definition) is 1. The van der Waals surface area contributed by atoms with E-state index in [1.54, 1.807) is 0 Å². The van der Waals surface area contributed by atoms with E-state index in [1.807, 2.05) is 16.7 Å². The molecule has 1 aromatic rings. The van der Waals surface area contributed by atoms with Gasteiger partial charge < -0.3 is 10.2 Å². The van der Waals surface area contributed by atoms with Crippen LogP contribution >= 0.6 is 11.8 Å². The number of urea groups is 1. The second-order valence-corrected chi connectivity index (χ2v) is 7.26. The summed E-state index contributed by atoms with van der Waals surface area (Å²) >= 11 is 1.84. The Morgan fingerprint density at radius 1 is 1.32 bits per heavy atom. The van der Waals surface area contributed by atoms with E-state index in [9.17, 15) is 4.79 Å². The Hall–Kier alpha value is -1.16. The number of carbonyl (C=O) groups excluding carboxylic acids is 1. The first-order valence-electron chi connectivity index (χ1n) is 8.45. The predicted octanol–water partition coefficient (Wildman–Crippen LogP) is 4.83. The molecule has 22 heavy (non-hydrogen) atoms. The van der Waals surface area contributed by atoms with E-state index < -0.39 is 0 Å². The van der Waals surface area contributed by atoms with Gasteiger partial charge in [-0.3, -0.25) is 0 Å². The van der Waals surface area contributed by atoms with Gasteiger partial charge in [0.1, 0.15) is 0 Å². The maximum absolute atomic E-state index is 12.5. The van der Waals surface area contributed by atoms with Gasteiger partial charge in [0.15, 0.2) is 0 Å². The highest BCUT2D eigenvalue weighted by Gasteiger charge is 2.26. The number of hydrogen-bond acceptors (Lipinski definition) is 2. The topological polar surface area (TPSA) is 32.3 Å². The molecule has 1 aromatic carbocycles. The lowest BCUT2D eigenvalue weighted by molar-refractivity contribution is 0.146. The molecule has 0 aliphatic carbocycles. The molecular weight excluding hydrogens is 292 g/mol. The minimum Gasteiger partial charge on any atom is -0.331 e. The molecule has 0 aromatic heterocycles. The largest absolute Gasteiger partial charge is 0.331 e. The average molecular weight is 321 g/mol. The molecule has 0 bridgehead atoms. The van der Waals surface area contributed by atoms with Crippen LogP contribution in [-0.4, -0.2) is 29.3 Å². The van der Waals surface area contributed by atoms with Gasteiger partial charge in [-0.15, -0.1) is 11.8 Å². The molecule has 2 atom stereocenters. The molecule has 2 amide bonds. The fraction of sp³-hybridized carbons (Fsp3) is 0.611. The van der Waals surface area contributed by atoms with Crippen molar-refractivity contribution in [2.24, 2.45) is 0 Å². The van der Waals surface area contributed by atoms with Gasteiger partial charge in [0.2, 0.25) is 0 Å². The second-order valence-electron chi connectivity index (χ2n) is 5.92. The Labute approximate surface area is 138 Å². The number of benzene rings is 1. The van der Waals surface area contributed by atoms with Crippen molar-refractivity contribution in [3.63, 3.8) is 0 Å². The van der Waals surface area contributed by atoms with Gasteiger partial charge in [0.05, 0.1) is 6.04 Å². The van der Waals surface area contributed by atoms with Crippen molar-refractivity contribution in [3.8, 4) is 0 Å². The molecular formula is C18H28N2OS. The highest BCUT2D eigenvalue weighted by molar-refractivity contribution is 7.99. The molecule has 3 nitrogen and oxygen atoms in total. The molecule has 122 valence electrons. The standard InChI is InChI=1S/C18H28N2OS/c1-4-16-8-6-7-13-20(16)18(21)19-14(3)15-9-11-17(12-10-15)22-5-2/h9-12,14,16H,4-8,13H2,1-3H3,(H,19,21). The van der Waals surface area contributed by atoms with Crippen LogP contribution in [-0.2, 0) is 0 Å². The van der Waals surface area contributed by atoms with E-state index >= 15 is 0 Å². The summed E-state index contributed by atoms with van der Waals surface area (Å²) < 4.78 is 0. The first-order valence-corrected chi connectivity index (χ1v) is 9.44. The van der Waals surface area contributed by atoms with Crippen molar-refractivity contribution in [1.82, 2.24) is 10.2 Å². The fourth-order valence-electron chi connectivity index (χ4n) is 3.06. The highest BCUT2D eigenvalue weighted by Crippen LogP contribution is 2.23. The van der Waals surface area contributed by atoms with Gasteiger partial charge in [-0.1, -0.05) is 26.0 Å². The monoisotopic (exact) mass is 320 g/mol. The van der Waals surface area contributed by atoms with E-state index in [1.165, 1.54) is 16.9 Å². The van der Waals surface area contributed by atoms with Crippen molar-refractivity contribution < 1.29 is 4.79 Å². The van der Waals surface area contributed by atoms with Crippen LogP contribution in [0.2, 0.25) is 0 Å². The Balaban J connectivity index is 1.95. The third kappa shape index (κ3) is 4.42. The molecule has 4 heteroatoms. The summed E-state index contributed by atoms with van der Waals surface area (Å²) in [6.45, 7) is 7.28. The normalized spacial score (nSPS) is 19.8. The van der Waals surface area contributed by atoms with Crippen LogP contribution in [0.4, 0.5) is 4.79 Å². The molecule has 2 unspecified atom stereocenters. The number of rotatable bonds is 5. The van der Waals surface area contributed by atoms with E-state index in [2.05, 4.69) is 50.4 Å². The van der Waals surface area contributed by atoms with Crippen molar-refractivity contribution in [3.05, 3.63) is 29.8 Å². The maximum atomic E-state index is 12.5. The number of piperidine rings is 1. The van der Waals surface area contributed by atoms with Crippen LogP contribution in [0.25, 0.3) is 0 Å². The summed E-state index contributed by atoms with van der Waals surface area (Å²) in [6.07, 6.45) is 4.56. The lowest BCUT2D eigenvalue weighted by Gasteiger charge is -2.36. The Kier molecular flexibility index (Phi) is 6.62. The highest BCUT2D eigenvalue weighted by atomic mass is 32.2. The van der Waals surface area contributed by atoms with Gasteiger partial charge in [-0.05, 0) is 56.1 Å². The molecule has 1 heterocycles. The predicted molar refractivity (Wildman–Crippen MR) is 94.4 cm³/mol. The number of likely N-dealkylation sites (tertiary alicyclic amines) is 1. The van der Waals surface area contributed by atoms with Gasteiger partial charge in [-0.25, -0.2) is 4.79 Å². The molecule has 0 saturated carbocycles. The van der Waals surface area contributed by atoms with Crippen molar-refractivity contribution >= 4 is 17.8 Å². The van der Waals surface area contributed by atoms with E-state index in [0.717, 1.165) is 31.6 Å². The molecule has 1 fully saturated rings. The molecule has 1 aliphatic heterocycles. The molecule has 1 aliphatic rings. The molecule has 1 saturated heterocycles. The Bertz CT molecular complexity index is 474. The van der Waals surface area contributed by atoms with Crippen molar-refractivity contribution in [2.75, 3.05) is 12.3 Å². The van der Waals surface area contributed by atoms with E-state index in [4.69, 9.17) is 0 Å². The summed E-state index contributed by atoms with van der Waals surface area (Å²) in [5.74, 6) is 1.08. The lowest BCUT2D eigenvalue weighted by Crippen LogP contribution is -2.48. The summed E-state index contributed by atoms with van der Waals surface area (Å²) in [5, 5.41) is 3.16. The van der Waals surface area contributed by atoms with Gasteiger partial charge >= 0.3 is 6.03 Å². The van der Waals surface area contributed by atoms with Crippen LogP contribution in [0.5, 0.6) is 0 Å². The summed E-state index contributed by atoms with van der Waals surface area (Å²) in [6, 6.07) is 9.07. The van der Waals surface area contributed by atoms with Gasteiger partial charge in [0, 0.05) is 17.5 Å². The zero-order chi connectivity index (χ0) is 15.9. The van der Waals surface area contributed by atoms with Crippen LogP contribution < -0.4 is 5.32 Å². The van der Waals surface area contributed by atoms with Crippen molar-refractivity contribution in [1.29, 1.82) is 0 Å². The molecule has 2 rings (SSSR count). The molecule has 0 radical (unpaired) electrons. The van der Waals surface area contributed by atoms with Crippen molar-refractivity contribution in [2.45, 2.75) is 63.4 Å². The molecule has 0 spiro atoms. The summed E-state index contributed by atoms with van der Waals surface area (Å²) in [4.78, 5) is 15.8. The number of amides is 2. The lowest BCUT2D eigenvalue weighted by atomic mass is 10.0. The maximum Gasteiger partial charge on any atom is 0.318 e. The summed E-state index contributed by atoms with van der Waals surface area (Å²) in [7, 11) is 0. The smallest absolute Gasteiger partial charge is 0.318 e. The van der Waals surface area contributed by atoms with Crippen LogP contribution in [0, 0.1) is 0 Å². The first kappa shape index (κ1) is 17.2. The summed E-state index contributed by atoms with van der Waals surface area (Å²) in [5.41, 5.74) is 1.17. The van der Waals surface area contributed by atoms with Crippen LogP contribution in [0.15, 0.2) is 29.2 Å². The minimum atomic E-state index is 0.0487. The first-order chi connectivity index (χ1) is 10.7. The number of thioether (sulfide) groups is 1. The number of nitrogens with zero attached hydrogens (tertiary/aromatic N) is 1. The quantitative estimate of drug-likeness (QED) is 0.788. The zero-order valence-corrected chi connectivity index (χ0v) is 14.8. The zero-order valence-electron chi connectivity index (χ0n) is 14.0. The van der Waals surface area contributed by atoms with Gasteiger partial charge in [-0.2, -0.15) is 0 Å². The number of nitrogens with one attached hydrogen (secondary N) is 1. The van der Waals surface area contributed by atoms with E-state index in [-0.39, 0.29) is 12.1 Å². The van der Waals surface area contributed by atoms with E-state index in [0.29, 0.717) is 6.04 Å². The SMILES string of the molecule is CCSc1ccc(C(C)NC(=O)N2CCCCC2CC)cc1. The third-order valence-electron chi connectivity index (χ3n) is 4.39. The van der Waals surface area contributed by atoms with Gasteiger partial charge in [0.25, 0.3) is 0 Å². The van der Waals surface area contributed by atoms with Crippen LogP contribution in [0.1, 0.15) is 58.1 Å². The minimum absolute atomic E-state index is 0.0487. The fourth-order valence-corrected chi connectivity index (χ4v) is 3.73. The van der Waals surface area contributed by atoms with Crippen LogP contribution in [0.3, 0.4) is 0 Å². The molecule has 1 N–H and O–H groups in total. The Morgan fingerprint density at radius 2 is 2.05 bits per heavy atom.